The van der Waals surface area contributed by atoms with Crippen molar-refractivity contribution >= 4 is 17.7 Å². The maximum absolute atomic E-state index is 12.9. The van der Waals surface area contributed by atoms with E-state index in [4.69, 9.17) is 9.47 Å². The first-order valence-electron chi connectivity index (χ1n) is 10.8. The molecular formula is C24H30N2O3S. The highest BCUT2D eigenvalue weighted by atomic mass is 32.2. The summed E-state index contributed by atoms with van der Waals surface area (Å²) in [6.07, 6.45) is 9.98. The molecule has 1 atom stereocenters. The average molecular weight is 427 g/mol. The SMILES string of the molecule is COC(c1ccc2c(c1)CN(C(=O)CSc1ccncc1)CCO2)C1CCCCC1. The summed E-state index contributed by atoms with van der Waals surface area (Å²) in [5.74, 6) is 2.01. The number of methoxy groups -OCH3 is 1. The van der Waals surface area contributed by atoms with Gasteiger partial charge in [-0.3, -0.25) is 9.78 Å². The van der Waals surface area contributed by atoms with Gasteiger partial charge in [-0.1, -0.05) is 25.3 Å². The number of rotatable bonds is 6. The van der Waals surface area contributed by atoms with Crippen LogP contribution in [0.15, 0.2) is 47.6 Å². The zero-order chi connectivity index (χ0) is 20.8. The lowest BCUT2D eigenvalue weighted by molar-refractivity contribution is -0.129. The number of thioether (sulfide) groups is 1. The van der Waals surface area contributed by atoms with E-state index >= 15 is 0 Å². The largest absolute Gasteiger partial charge is 0.491 e. The highest BCUT2D eigenvalue weighted by Gasteiger charge is 2.27. The van der Waals surface area contributed by atoms with Gasteiger partial charge in [0.05, 0.1) is 18.4 Å². The van der Waals surface area contributed by atoms with E-state index < -0.39 is 0 Å². The summed E-state index contributed by atoms with van der Waals surface area (Å²) >= 11 is 1.55. The molecular weight excluding hydrogens is 396 g/mol. The third-order valence-corrected chi connectivity index (χ3v) is 7.09. The fraction of sp³-hybridized carbons (Fsp3) is 0.500. The second kappa shape index (κ2) is 10.3. The average Bonchev–Trinajstić information content (AvgIpc) is 3.02. The molecule has 1 unspecified atom stereocenters. The Kier molecular flexibility index (Phi) is 7.28. The predicted octanol–water partition coefficient (Wildman–Crippen LogP) is 4.86. The molecule has 2 aromatic rings. The summed E-state index contributed by atoms with van der Waals surface area (Å²) in [6.45, 7) is 1.71. The van der Waals surface area contributed by atoms with Gasteiger partial charge in [-0.25, -0.2) is 0 Å². The molecule has 160 valence electrons. The molecule has 1 aromatic carbocycles. The molecule has 5 nitrogen and oxygen atoms in total. The van der Waals surface area contributed by atoms with E-state index in [1.807, 2.05) is 24.1 Å². The highest BCUT2D eigenvalue weighted by molar-refractivity contribution is 8.00. The summed E-state index contributed by atoms with van der Waals surface area (Å²) in [5, 5.41) is 0. The van der Waals surface area contributed by atoms with Crippen LogP contribution in [0.3, 0.4) is 0 Å². The molecule has 1 aliphatic carbocycles. The molecule has 2 aliphatic rings. The van der Waals surface area contributed by atoms with Crippen LogP contribution in [0, 0.1) is 5.92 Å². The number of hydrogen-bond donors (Lipinski definition) is 0. The lowest BCUT2D eigenvalue weighted by Gasteiger charge is -2.30. The standard InChI is InChI=1S/C24H30N2O3S/c1-28-24(18-5-3-2-4-6-18)19-7-8-22-20(15-19)16-26(13-14-29-22)23(27)17-30-21-9-11-25-12-10-21/h7-12,15,18,24H,2-6,13-14,16-17H2,1H3. The quantitative estimate of drug-likeness (QED) is 0.617. The Hall–Kier alpha value is -2.05. The van der Waals surface area contributed by atoms with Crippen LogP contribution in [0.25, 0.3) is 0 Å². The molecule has 0 radical (unpaired) electrons. The number of pyridine rings is 1. The third-order valence-electron chi connectivity index (χ3n) is 6.09. The molecule has 0 N–H and O–H groups in total. The summed E-state index contributed by atoms with van der Waals surface area (Å²) in [5.41, 5.74) is 2.28. The van der Waals surface area contributed by atoms with E-state index in [0.29, 0.717) is 31.4 Å². The molecule has 4 rings (SSSR count). The van der Waals surface area contributed by atoms with Crippen LogP contribution in [-0.4, -0.2) is 41.8 Å². The highest BCUT2D eigenvalue weighted by Crippen LogP contribution is 2.38. The van der Waals surface area contributed by atoms with Crippen LogP contribution in [0.2, 0.25) is 0 Å². The third kappa shape index (κ3) is 5.16. The van der Waals surface area contributed by atoms with E-state index in [-0.39, 0.29) is 12.0 Å². The Morgan fingerprint density at radius 1 is 1.23 bits per heavy atom. The number of hydrogen-bond acceptors (Lipinski definition) is 5. The van der Waals surface area contributed by atoms with E-state index in [9.17, 15) is 4.79 Å². The van der Waals surface area contributed by atoms with Gasteiger partial charge in [-0.2, -0.15) is 0 Å². The fourth-order valence-electron chi connectivity index (χ4n) is 4.51. The van der Waals surface area contributed by atoms with Crippen molar-refractivity contribution in [3.63, 3.8) is 0 Å². The number of fused-ring (bicyclic) bond motifs is 1. The molecule has 1 aromatic heterocycles. The van der Waals surface area contributed by atoms with Crippen molar-refractivity contribution in [2.75, 3.05) is 26.0 Å². The summed E-state index contributed by atoms with van der Waals surface area (Å²) in [6, 6.07) is 10.2. The lowest BCUT2D eigenvalue weighted by atomic mass is 9.82. The van der Waals surface area contributed by atoms with E-state index in [2.05, 4.69) is 23.2 Å². The Morgan fingerprint density at radius 3 is 2.80 bits per heavy atom. The minimum absolute atomic E-state index is 0.116. The van der Waals surface area contributed by atoms with Crippen molar-refractivity contribution in [2.24, 2.45) is 5.92 Å². The van der Waals surface area contributed by atoms with E-state index in [1.54, 1.807) is 24.2 Å². The summed E-state index contributed by atoms with van der Waals surface area (Å²) in [4.78, 5) is 19.9. The van der Waals surface area contributed by atoms with Crippen molar-refractivity contribution in [3.8, 4) is 5.75 Å². The summed E-state index contributed by atoms with van der Waals surface area (Å²) in [7, 11) is 1.81. The minimum atomic E-state index is 0.116. The molecule has 6 heteroatoms. The first-order valence-corrected chi connectivity index (χ1v) is 11.8. The molecule has 1 fully saturated rings. The molecule has 0 bridgehead atoms. The fourth-order valence-corrected chi connectivity index (χ4v) is 5.30. The number of amides is 1. The Bertz CT molecular complexity index is 840. The van der Waals surface area contributed by atoms with Crippen molar-refractivity contribution in [2.45, 2.75) is 49.6 Å². The van der Waals surface area contributed by atoms with Gasteiger partial charge in [0, 0.05) is 36.5 Å². The van der Waals surface area contributed by atoms with Crippen molar-refractivity contribution < 1.29 is 14.3 Å². The number of nitrogens with zero attached hydrogens (tertiary/aromatic N) is 2. The first kappa shape index (κ1) is 21.2. The normalized spacial score (nSPS) is 18.2. The Morgan fingerprint density at radius 2 is 2.03 bits per heavy atom. The van der Waals surface area contributed by atoms with Crippen LogP contribution in [0.5, 0.6) is 5.75 Å². The van der Waals surface area contributed by atoms with Crippen LogP contribution >= 0.6 is 11.8 Å². The topological polar surface area (TPSA) is 51.7 Å². The number of carbonyl (C=O) groups excluding carboxylic acids is 1. The van der Waals surface area contributed by atoms with Gasteiger partial charge in [0.25, 0.3) is 0 Å². The monoisotopic (exact) mass is 426 g/mol. The maximum atomic E-state index is 12.9. The smallest absolute Gasteiger partial charge is 0.233 e. The van der Waals surface area contributed by atoms with Gasteiger partial charge in [0.2, 0.25) is 5.91 Å². The van der Waals surface area contributed by atoms with Crippen LogP contribution in [-0.2, 0) is 16.1 Å². The number of ether oxygens (including phenoxy) is 2. The van der Waals surface area contributed by atoms with Crippen molar-refractivity contribution in [1.29, 1.82) is 0 Å². The Labute approximate surface area is 183 Å². The van der Waals surface area contributed by atoms with Gasteiger partial charge < -0.3 is 14.4 Å². The van der Waals surface area contributed by atoms with Gasteiger partial charge in [-0.15, -0.1) is 11.8 Å². The van der Waals surface area contributed by atoms with Gasteiger partial charge >= 0.3 is 0 Å². The molecule has 2 heterocycles. The molecule has 1 amide bonds. The predicted molar refractivity (Wildman–Crippen MR) is 119 cm³/mol. The zero-order valence-corrected chi connectivity index (χ0v) is 18.4. The maximum Gasteiger partial charge on any atom is 0.233 e. The molecule has 1 aliphatic heterocycles. The van der Waals surface area contributed by atoms with Crippen LogP contribution in [0.4, 0.5) is 0 Å². The number of benzene rings is 1. The molecule has 0 spiro atoms. The van der Waals surface area contributed by atoms with Gasteiger partial charge in [0.15, 0.2) is 0 Å². The van der Waals surface area contributed by atoms with Crippen molar-refractivity contribution in [1.82, 2.24) is 9.88 Å². The van der Waals surface area contributed by atoms with Gasteiger partial charge in [-0.05, 0) is 48.6 Å². The van der Waals surface area contributed by atoms with E-state index in [0.717, 1.165) is 16.2 Å². The number of carbonyl (C=O) groups is 1. The first-order chi connectivity index (χ1) is 14.7. The molecule has 1 saturated carbocycles. The van der Waals surface area contributed by atoms with Crippen LogP contribution < -0.4 is 4.74 Å². The minimum Gasteiger partial charge on any atom is -0.491 e. The second-order valence-corrected chi connectivity index (χ2v) is 9.11. The lowest BCUT2D eigenvalue weighted by Crippen LogP contribution is -2.33. The zero-order valence-electron chi connectivity index (χ0n) is 17.6. The summed E-state index contributed by atoms with van der Waals surface area (Å²) < 4.78 is 11.9. The van der Waals surface area contributed by atoms with Gasteiger partial charge in [0.1, 0.15) is 12.4 Å². The molecule has 30 heavy (non-hydrogen) atoms. The molecule has 0 saturated heterocycles. The van der Waals surface area contributed by atoms with Crippen molar-refractivity contribution in [3.05, 3.63) is 53.9 Å². The van der Waals surface area contributed by atoms with Crippen LogP contribution in [0.1, 0.15) is 49.3 Å². The van der Waals surface area contributed by atoms with E-state index in [1.165, 1.54) is 37.7 Å². The second-order valence-electron chi connectivity index (χ2n) is 8.06. The Balaban J connectivity index is 1.46. The number of aromatic nitrogens is 1.